The molecule has 1 heteroatoms. The Hall–Kier alpha value is 0.350. The molecule has 0 bridgehead atoms. The first-order chi connectivity index (χ1) is 5.43. The fourth-order valence-electron chi connectivity index (χ4n) is 1.80. The van der Waals surface area contributed by atoms with E-state index < -0.39 is 0 Å². The maximum Gasteiger partial charge on any atom is 0.00474 e. The highest BCUT2D eigenvalue weighted by molar-refractivity contribution is 7.81. The standard InChI is InChI=1S/C11H24S/c1-6-8-9(10(12)7-2)11(3,4)5/h9-10,12H,6-8H2,1-5H3. The lowest BCUT2D eigenvalue weighted by molar-refractivity contribution is 0.216. The van der Waals surface area contributed by atoms with Gasteiger partial charge in [0.25, 0.3) is 0 Å². The molecule has 74 valence electrons. The van der Waals surface area contributed by atoms with Crippen LogP contribution in [0, 0.1) is 11.3 Å². The van der Waals surface area contributed by atoms with Gasteiger partial charge < -0.3 is 0 Å². The first-order valence-electron chi connectivity index (χ1n) is 5.11. The molecule has 0 aromatic heterocycles. The molecule has 2 atom stereocenters. The van der Waals surface area contributed by atoms with Gasteiger partial charge in [0.15, 0.2) is 0 Å². The maximum absolute atomic E-state index is 4.65. The van der Waals surface area contributed by atoms with Crippen LogP contribution in [0.5, 0.6) is 0 Å². The topological polar surface area (TPSA) is 0 Å². The molecular weight excluding hydrogens is 164 g/mol. The summed E-state index contributed by atoms with van der Waals surface area (Å²) in [5.41, 5.74) is 0.415. The van der Waals surface area contributed by atoms with E-state index in [2.05, 4.69) is 47.2 Å². The van der Waals surface area contributed by atoms with Crippen LogP contribution in [-0.2, 0) is 0 Å². The van der Waals surface area contributed by atoms with E-state index in [1.54, 1.807) is 0 Å². The summed E-state index contributed by atoms with van der Waals surface area (Å²) in [6.45, 7) is 11.5. The zero-order chi connectivity index (χ0) is 9.78. The molecule has 0 radical (unpaired) electrons. The molecule has 0 aromatic rings. The van der Waals surface area contributed by atoms with Gasteiger partial charge in [0.05, 0.1) is 0 Å². The molecule has 0 heterocycles. The Bertz CT molecular complexity index is 113. The minimum Gasteiger partial charge on any atom is -0.176 e. The predicted molar refractivity (Wildman–Crippen MR) is 60.9 cm³/mol. The molecule has 0 saturated carbocycles. The number of rotatable bonds is 4. The Morgan fingerprint density at radius 1 is 1.17 bits per heavy atom. The van der Waals surface area contributed by atoms with Crippen LogP contribution in [-0.4, -0.2) is 5.25 Å². The minimum atomic E-state index is 0.415. The second kappa shape index (κ2) is 5.16. The zero-order valence-corrected chi connectivity index (χ0v) is 10.1. The van der Waals surface area contributed by atoms with Crippen molar-refractivity contribution in [3.63, 3.8) is 0 Å². The normalized spacial score (nSPS) is 17.5. The van der Waals surface area contributed by atoms with Crippen molar-refractivity contribution in [3.8, 4) is 0 Å². The van der Waals surface area contributed by atoms with Gasteiger partial charge in [0, 0.05) is 5.25 Å². The predicted octanol–water partition coefficient (Wildman–Crippen LogP) is 4.16. The summed E-state index contributed by atoms with van der Waals surface area (Å²) in [6.07, 6.45) is 3.77. The number of hydrogen-bond donors (Lipinski definition) is 1. The van der Waals surface area contributed by atoms with Crippen LogP contribution >= 0.6 is 12.6 Å². The van der Waals surface area contributed by atoms with Crippen LogP contribution in [0.25, 0.3) is 0 Å². The summed E-state index contributed by atoms with van der Waals surface area (Å²) in [4.78, 5) is 0. The van der Waals surface area contributed by atoms with Crippen LogP contribution in [0.15, 0.2) is 0 Å². The van der Waals surface area contributed by atoms with E-state index in [4.69, 9.17) is 0 Å². The van der Waals surface area contributed by atoms with Crippen LogP contribution in [0.4, 0.5) is 0 Å². The molecule has 2 unspecified atom stereocenters. The highest BCUT2D eigenvalue weighted by Crippen LogP contribution is 2.35. The lowest BCUT2D eigenvalue weighted by Crippen LogP contribution is -2.28. The van der Waals surface area contributed by atoms with E-state index in [-0.39, 0.29) is 0 Å². The summed E-state index contributed by atoms with van der Waals surface area (Å²) in [5, 5.41) is 0.574. The van der Waals surface area contributed by atoms with E-state index in [0.29, 0.717) is 10.7 Å². The van der Waals surface area contributed by atoms with Crippen molar-refractivity contribution in [1.82, 2.24) is 0 Å². The lowest BCUT2D eigenvalue weighted by Gasteiger charge is -2.34. The Morgan fingerprint density at radius 2 is 1.67 bits per heavy atom. The molecule has 0 aromatic carbocycles. The highest BCUT2D eigenvalue weighted by atomic mass is 32.1. The summed E-state index contributed by atoms with van der Waals surface area (Å²) >= 11 is 4.65. The van der Waals surface area contributed by atoms with Crippen molar-refractivity contribution in [2.24, 2.45) is 11.3 Å². The van der Waals surface area contributed by atoms with E-state index >= 15 is 0 Å². The molecule has 0 spiro atoms. The van der Waals surface area contributed by atoms with Gasteiger partial charge in [-0.05, 0) is 24.2 Å². The number of hydrogen-bond acceptors (Lipinski definition) is 1. The molecule has 0 aliphatic carbocycles. The molecular formula is C11H24S. The molecule has 0 aliphatic rings. The summed E-state index contributed by atoms with van der Waals surface area (Å²) < 4.78 is 0. The van der Waals surface area contributed by atoms with Crippen LogP contribution in [0.2, 0.25) is 0 Å². The van der Waals surface area contributed by atoms with Gasteiger partial charge in [0.2, 0.25) is 0 Å². The van der Waals surface area contributed by atoms with Crippen LogP contribution in [0.1, 0.15) is 53.9 Å². The van der Waals surface area contributed by atoms with Gasteiger partial charge in [-0.3, -0.25) is 0 Å². The second-order valence-electron chi connectivity index (χ2n) is 4.74. The van der Waals surface area contributed by atoms with Crippen LogP contribution < -0.4 is 0 Å². The van der Waals surface area contributed by atoms with Crippen molar-refractivity contribution >= 4 is 12.6 Å². The van der Waals surface area contributed by atoms with Crippen molar-refractivity contribution in [2.45, 2.75) is 59.1 Å². The van der Waals surface area contributed by atoms with Crippen molar-refractivity contribution in [3.05, 3.63) is 0 Å². The van der Waals surface area contributed by atoms with E-state index in [9.17, 15) is 0 Å². The SMILES string of the molecule is CCCC(C(S)CC)C(C)(C)C. The monoisotopic (exact) mass is 188 g/mol. The highest BCUT2D eigenvalue weighted by Gasteiger charge is 2.28. The van der Waals surface area contributed by atoms with Gasteiger partial charge in [-0.2, -0.15) is 12.6 Å². The average molecular weight is 188 g/mol. The van der Waals surface area contributed by atoms with Crippen molar-refractivity contribution < 1.29 is 0 Å². The van der Waals surface area contributed by atoms with Crippen molar-refractivity contribution in [2.75, 3.05) is 0 Å². The molecule has 0 nitrogen and oxygen atoms in total. The minimum absolute atomic E-state index is 0.415. The third-order valence-corrected chi connectivity index (χ3v) is 3.32. The Morgan fingerprint density at radius 3 is 1.92 bits per heavy atom. The van der Waals surface area contributed by atoms with Gasteiger partial charge in [-0.15, -0.1) is 0 Å². The first kappa shape index (κ1) is 12.3. The van der Waals surface area contributed by atoms with E-state index in [1.807, 2.05) is 0 Å². The summed E-state index contributed by atoms with van der Waals surface area (Å²) in [7, 11) is 0. The second-order valence-corrected chi connectivity index (χ2v) is 5.40. The van der Waals surface area contributed by atoms with Gasteiger partial charge >= 0.3 is 0 Å². The fraction of sp³-hybridized carbons (Fsp3) is 1.00. The Kier molecular flexibility index (Phi) is 5.31. The quantitative estimate of drug-likeness (QED) is 0.629. The molecule has 0 rings (SSSR count). The smallest absolute Gasteiger partial charge is 0.00474 e. The van der Waals surface area contributed by atoms with Crippen molar-refractivity contribution in [1.29, 1.82) is 0 Å². The Labute approximate surface area is 83.5 Å². The summed E-state index contributed by atoms with van der Waals surface area (Å²) in [6, 6.07) is 0. The third kappa shape index (κ3) is 3.84. The first-order valence-corrected chi connectivity index (χ1v) is 5.63. The van der Waals surface area contributed by atoms with Gasteiger partial charge in [-0.25, -0.2) is 0 Å². The third-order valence-electron chi connectivity index (χ3n) is 2.59. The van der Waals surface area contributed by atoms with E-state index in [0.717, 1.165) is 5.92 Å². The molecule has 0 amide bonds. The molecule has 0 fully saturated rings. The molecule has 0 aliphatic heterocycles. The molecule has 0 saturated heterocycles. The Balaban J connectivity index is 4.22. The van der Waals surface area contributed by atoms with Gasteiger partial charge in [-0.1, -0.05) is 41.0 Å². The number of thiol groups is 1. The van der Waals surface area contributed by atoms with E-state index in [1.165, 1.54) is 19.3 Å². The van der Waals surface area contributed by atoms with Crippen LogP contribution in [0.3, 0.4) is 0 Å². The molecule has 0 N–H and O–H groups in total. The molecule has 12 heavy (non-hydrogen) atoms. The maximum atomic E-state index is 4.65. The average Bonchev–Trinajstić information content (AvgIpc) is 1.96. The lowest BCUT2D eigenvalue weighted by atomic mass is 9.75. The fourth-order valence-corrected chi connectivity index (χ4v) is 2.39. The largest absolute Gasteiger partial charge is 0.176 e. The summed E-state index contributed by atoms with van der Waals surface area (Å²) in [5.74, 6) is 0.760. The van der Waals surface area contributed by atoms with Gasteiger partial charge in [0.1, 0.15) is 0 Å². The zero-order valence-electron chi connectivity index (χ0n) is 9.22.